The van der Waals surface area contributed by atoms with Crippen LogP contribution in [0.25, 0.3) is 0 Å². The Labute approximate surface area is 120 Å². The van der Waals surface area contributed by atoms with Crippen LogP contribution in [0.3, 0.4) is 0 Å². The highest BCUT2D eigenvalue weighted by atomic mass is 32.2. The van der Waals surface area contributed by atoms with Crippen molar-refractivity contribution in [3.8, 4) is 5.75 Å². The van der Waals surface area contributed by atoms with Gasteiger partial charge in [0.1, 0.15) is 5.75 Å². The third kappa shape index (κ3) is 5.11. The maximum absolute atomic E-state index is 11.3. The van der Waals surface area contributed by atoms with Gasteiger partial charge in [0.05, 0.1) is 18.1 Å². The Morgan fingerprint density at radius 1 is 1.30 bits per heavy atom. The van der Waals surface area contributed by atoms with E-state index in [9.17, 15) is 13.5 Å². The average molecular weight is 301 g/mol. The van der Waals surface area contributed by atoms with Gasteiger partial charge < -0.3 is 15.2 Å². The Morgan fingerprint density at radius 2 is 1.90 bits per heavy atom. The van der Waals surface area contributed by atoms with Crippen molar-refractivity contribution in [3.05, 3.63) is 24.3 Å². The van der Waals surface area contributed by atoms with E-state index < -0.39 is 9.84 Å². The van der Waals surface area contributed by atoms with Gasteiger partial charge in [0.2, 0.25) is 0 Å². The number of benzene rings is 1. The molecule has 2 N–H and O–H groups in total. The first-order valence-electron chi connectivity index (χ1n) is 6.53. The van der Waals surface area contributed by atoms with Crippen molar-refractivity contribution in [1.29, 1.82) is 0 Å². The van der Waals surface area contributed by atoms with Crippen molar-refractivity contribution in [1.82, 2.24) is 5.32 Å². The zero-order valence-corrected chi connectivity index (χ0v) is 13.0. The molecule has 5 nitrogen and oxygen atoms in total. The molecule has 0 aliphatic heterocycles. The fraction of sp³-hybridized carbons (Fsp3) is 0.571. The summed E-state index contributed by atoms with van der Waals surface area (Å²) in [5.74, 6) is 0.646. The number of ether oxygens (including phenoxy) is 1. The number of hydrogen-bond donors (Lipinski definition) is 2. The van der Waals surface area contributed by atoms with Gasteiger partial charge in [-0.05, 0) is 51.1 Å². The molecule has 6 heteroatoms. The normalized spacial score (nSPS) is 14.8. The Morgan fingerprint density at radius 3 is 2.35 bits per heavy atom. The van der Waals surface area contributed by atoms with Crippen LogP contribution in [0.5, 0.6) is 5.75 Å². The molecular weight excluding hydrogens is 278 g/mol. The largest absolute Gasteiger partial charge is 0.494 e. The molecule has 1 atom stereocenters. The maximum atomic E-state index is 11.3. The van der Waals surface area contributed by atoms with Crippen molar-refractivity contribution in [2.45, 2.75) is 30.2 Å². The van der Waals surface area contributed by atoms with Gasteiger partial charge >= 0.3 is 0 Å². The second-order valence-electron chi connectivity index (χ2n) is 5.16. The Kier molecular flexibility index (Phi) is 5.98. The Balaban J connectivity index is 2.44. The summed E-state index contributed by atoms with van der Waals surface area (Å²) in [5, 5.41) is 12.3. The predicted molar refractivity (Wildman–Crippen MR) is 78.8 cm³/mol. The molecule has 0 bridgehead atoms. The van der Waals surface area contributed by atoms with Gasteiger partial charge in [-0.2, -0.15) is 0 Å². The standard InChI is InChI=1S/C14H23NO4S/c1-14(11-16,15-2)9-4-10-19-12-5-7-13(8-6-12)20(3,17)18/h5-8,15-16H,4,9-11H2,1-3H3. The molecule has 0 saturated heterocycles. The van der Waals surface area contributed by atoms with Gasteiger partial charge in [-0.25, -0.2) is 8.42 Å². The van der Waals surface area contributed by atoms with Crippen LogP contribution in [0.2, 0.25) is 0 Å². The number of aliphatic hydroxyl groups excluding tert-OH is 1. The number of hydrogen-bond acceptors (Lipinski definition) is 5. The Hall–Kier alpha value is -1.11. The zero-order chi connectivity index (χ0) is 15.2. The van der Waals surface area contributed by atoms with Gasteiger partial charge in [-0.15, -0.1) is 0 Å². The summed E-state index contributed by atoms with van der Waals surface area (Å²) in [5.41, 5.74) is -0.288. The molecule has 0 heterocycles. The molecule has 0 radical (unpaired) electrons. The highest BCUT2D eigenvalue weighted by molar-refractivity contribution is 7.90. The topological polar surface area (TPSA) is 75.6 Å². The van der Waals surface area contributed by atoms with Gasteiger partial charge in [0, 0.05) is 11.8 Å². The lowest BCUT2D eigenvalue weighted by molar-refractivity contribution is 0.163. The molecule has 1 aromatic rings. The number of aliphatic hydroxyl groups is 1. The summed E-state index contributed by atoms with van der Waals surface area (Å²) in [7, 11) is -1.34. The Bertz CT molecular complexity index is 506. The van der Waals surface area contributed by atoms with Gasteiger partial charge in [-0.1, -0.05) is 0 Å². The zero-order valence-electron chi connectivity index (χ0n) is 12.2. The van der Waals surface area contributed by atoms with Gasteiger partial charge in [0.15, 0.2) is 9.84 Å². The predicted octanol–water partition coefficient (Wildman–Crippen LogP) is 1.22. The minimum atomic E-state index is -3.16. The van der Waals surface area contributed by atoms with E-state index in [0.29, 0.717) is 12.4 Å². The third-order valence-corrected chi connectivity index (χ3v) is 4.47. The van der Waals surface area contributed by atoms with Crippen LogP contribution in [-0.2, 0) is 9.84 Å². The number of rotatable bonds is 8. The van der Waals surface area contributed by atoms with Crippen molar-refractivity contribution < 1.29 is 18.3 Å². The van der Waals surface area contributed by atoms with Crippen molar-refractivity contribution in [2.24, 2.45) is 0 Å². The van der Waals surface area contributed by atoms with Crippen LogP contribution in [-0.4, -0.2) is 45.6 Å². The summed E-state index contributed by atoms with van der Waals surface area (Å²) in [6, 6.07) is 6.38. The molecule has 1 rings (SSSR count). The quantitative estimate of drug-likeness (QED) is 0.706. The molecule has 0 fully saturated rings. The van der Waals surface area contributed by atoms with Gasteiger partial charge in [0.25, 0.3) is 0 Å². The van der Waals surface area contributed by atoms with E-state index in [2.05, 4.69) is 5.32 Å². The summed E-state index contributed by atoms with van der Waals surface area (Å²) in [4.78, 5) is 0.285. The minimum Gasteiger partial charge on any atom is -0.494 e. The summed E-state index contributed by atoms with van der Waals surface area (Å²) < 4.78 is 28.2. The highest BCUT2D eigenvalue weighted by Gasteiger charge is 2.19. The first-order valence-corrected chi connectivity index (χ1v) is 8.42. The highest BCUT2D eigenvalue weighted by Crippen LogP contribution is 2.17. The van der Waals surface area contributed by atoms with E-state index >= 15 is 0 Å². The lowest BCUT2D eigenvalue weighted by atomic mass is 9.97. The molecule has 0 amide bonds. The smallest absolute Gasteiger partial charge is 0.175 e. The minimum absolute atomic E-state index is 0.0759. The molecule has 1 aromatic carbocycles. The van der Waals surface area contributed by atoms with Crippen molar-refractivity contribution >= 4 is 9.84 Å². The molecule has 1 unspecified atom stereocenters. The van der Waals surface area contributed by atoms with E-state index in [1.165, 1.54) is 18.4 Å². The van der Waals surface area contributed by atoms with Crippen LogP contribution in [0.4, 0.5) is 0 Å². The van der Waals surface area contributed by atoms with Crippen LogP contribution < -0.4 is 10.1 Å². The SMILES string of the molecule is CNC(C)(CO)CCCOc1ccc(S(C)(=O)=O)cc1. The molecule has 0 aromatic heterocycles. The first-order chi connectivity index (χ1) is 9.30. The van der Waals surface area contributed by atoms with Crippen LogP contribution in [0.1, 0.15) is 19.8 Å². The van der Waals surface area contributed by atoms with Gasteiger partial charge in [-0.3, -0.25) is 0 Å². The van der Waals surface area contributed by atoms with Crippen molar-refractivity contribution in [2.75, 3.05) is 26.5 Å². The lowest BCUT2D eigenvalue weighted by Crippen LogP contribution is -2.43. The second kappa shape index (κ2) is 7.06. The maximum Gasteiger partial charge on any atom is 0.175 e. The summed E-state index contributed by atoms with van der Waals surface area (Å²) in [6.07, 6.45) is 2.77. The second-order valence-corrected chi connectivity index (χ2v) is 7.18. The lowest BCUT2D eigenvalue weighted by Gasteiger charge is -2.26. The number of likely N-dealkylation sites (N-methyl/N-ethyl adjacent to an activating group) is 1. The van der Waals surface area contributed by atoms with Crippen molar-refractivity contribution in [3.63, 3.8) is 0 Å². The van der Waals surface area contributed by atoms with E-state index in [1.807, 2.05) is 14.0 Å². The van der Waals surface area contributed by atoms with Crippen LogP contribution in [0.15, 0.2) is 29.2 Å². The molecule has 0 saturated carbocycles. The fourth-order valence-electron chi connectivity index (χ4n) is 1.72. The molecule has 0 aliphatic carbocycles. The van der Waals surface area contributed by atoms with E-state index in [-0.39, 0.29) is 17.0 Å². The summed E-state index contributed by atoms with van der Waals surface area (Å²) in [6.45, 7) is 2.55. The van der Waals surface area contributed by atoms with E-state index in [1.54, 1.807) is 12.1 Å². The van der Waals surface area contributed by atoms with Crippen LogP contribution in [0, 0.1) is 0 Å². The summed E-state index contributed by atoms with van der Waals surface area (Å²) >= 11 is 0. The molecule has 0 spiro atoms. The van der Waals surface area contributed by atoms with E-state index in [4.69, 9.17) is 4.74 Å². The fourth-order valence-corrected chi connectivity index (χ4v) is 2.35. The molecule has 114 valence electrons. The third-order valence-electron chi connectivity index (χ3n) is 3.35. The van der Waals surface area contributed by atoms with E-state index in [0.717, 1.165) is 12.8 Å². The number of nitrogens with one attached hydrogen (secondary N) is 1. The molecular formula is C14H23NO4S. The number of sulfone groups is 1. The van der Waals surface area contributed by atoms with Crippen LogP contribution >= 0.6 is 0 Å². The molecule has 0 aliphatic rings. The average Bonchev–Trinajstić information content (AvgIpc) is 2.43. The monoisotopic (exact) mass is 301 g/mol. The molecule has 20 heavy (non-hydrogen) atoms. The first kappa shape index (κ1) is 16.9.